The van der Waals surface area contributed by atoms with Crippen LogP contribution in [0.5, 0.6) is 0 Å². The highest BCUT2D eigenvalue weighted by Crippen LogP contribution is 2.42. The summed E-state index contributed by atoms with van der Waals surface area (Å²) >= 11 is 0. The first kappa shape index (κ1) is 30.7. The SMILES string of the molecule is N#Cc1ccc2c(c1)c1ccccc1n2-c1ccccc1-c1ccc(C#N)c(-n2c3ccccc3c3cccc(-n4c5ccccc5c5ccccc54)c32)c1. The van der Waals surface area contributed by atoms with Crippen LogP contribution in [-0.2, 0) is 0 Å². The molecule has 0 aliphatic heterocycles. The van der Waals surface area contributed by atoms with Crippen LogP contribution in [0.2, 0.25) is 0 Å². The Kier molecular flexibility index (Phi) is 6.61. The van der Waals surface area contributed by atoms with Crippen LogP contribution in [0, 0.1) is 22.7 Å². The molecule has 0 aliphatic carbocycles. The smallest absolute Gasteiger partial charge is 0.101 e. The van der Waals surface area contributed by atoms with Crippen molar-refractivity contribution in [3.8, 4) is 40.3 Å². The molecule has 0 radical (unpaired) electrons. The fourth-order valence-electron chi connectivity index (χ4n) is 8.81. The Labute approximate surface area is 316 Å². The molecule has 11 aromatic rings. The van der Waals surface area contributed by atoms with E-state index in [-0.39, 0.29) is 0 Å². The molecule has 0 bridgehead atoms. The minimum atomic E-state index is 0.585. The second-order valence-corrected chi connectivity index (χ2v) is 14.0. The summed E-state index contributed by atoms with van der Waals surface area (Å²) in [6.07, 6.45) is 0. The van der Waals surface area contributed by atoms with E-state index < -0.39 is 0 Å². The molecule has 0 amide bonds. The van der Waals surface area contributed by atoms with E-state index in [1.807, 2.05) is 30.3 Å². The Bertz CT molecular complexity index is 3420. The predicted octanol–water partition coefficient (Wildman–Crippen LogP) is 12.4. The predicted molar refractivity (Wildman–Crippen MR) is 224 cm³/mol. The van der Waals surface area contributed by atoms with Gasteiger partial charge in [-0.15, -0.1) is 0 Å². The highest BCUT2D eigenvalue weighted by molar-refractivity contribution is 6.15. The first-order chi connectivity index (χ1) is 27.2. The standard InChI is InChI=1S/C50H29N5/c51-30-32-24-27-47-41(28-32)39-16-5-9-21-45(39)53(47)42-18-6-1-12-35(42)33-25-26-34(31-52)49(29-33)55-46-22-10-4-15-38(46)40-17-11-23-48(50(40)55)54-43-19-7-2-13-36(43)37-14-3-8-20-44(37)54/h1-29H. The Morgan fingerprint density at radius 2 is 0.855 bits per heavy atom. The molecule has 11 rings (SSSR count). The number of nitrogens with zero attached hydrogens (tertiary/aromatic N) is 5. The Balaban J connectivity index is 1.21. The number of hydrogen-bond donors (Lipinski definition) is 0. The summed E-state index contributed by atoms with van der Waals surface area (Å²) < 4.78 is 6.95. The molecule has 0 N–H and O–H groups in total. The van der Waals surface area contributed by atoms with E-state index in [9.17, 15) is 10.5 Å². The Hall–Kier alpha value is -7.86. The lowest BCUT2D eigenvalue weighted by atomic mass is 10.00. The molecule has 55 heavy (non-hydrogen) atoms. The van der Waals surface area contributed by atoms with Crippen LogP contribution >= 0.6 is 0 Å². The van der Waals surface area contributed by atoms with E-state index in [1.165, 1.54) is 10.8 Å². The van der Waals surface area contributed by atoms with Gasteiger partial charge in [0, 0.05) is 37.9 Å². The first-order valence-corrected chi connectivity index (χ1v) is 18.3. The van der Waals surface area contributed by atoms with Crippen molar-refractivity contribution in [2.24, 2.45) is 0 Å². The zero-order chi connectivity index (χ0) is 36.6. The number of fused-ring (bicyclic) bond motifs is 9. The van der Waals surface area contributed by atoms with Gasteiger partial charge in [0.1, 0.15) is 6.07 Å². The van der Waals surface area contributed by atoms with E-state index in [2.05, 4.69) is 171 Å². The minimum Gasteiger partial charge on any atom is -0.309 e. The lowest BCUT2D eigenvalue weighted by molar-refractivity contribution is 1.12. The molecule has 3 heterocycles. The third-order valence-electron chi connectivity index (χ3n) is 11.1. The number of benzene rings is 8. The van der Waals surface area contributed by atoms with Crippen molar-refractivity contribution in [1.82, 2.24) is 13.7 Å². The topological polar surface area (TPSA) is 62.4 Å². The molecule has 0 fully saturated rings. The zero-order valence-corrected chi connectivity index (χ0v) is 29.5. The van der Waals surface area contributed by atoms with Crippen molar-refractivity contribution in [1.29, 1.82) is 10.5 Å². The van der Waals surface area contributed by atoms with Crippen molar-refractivity contribution < 1.29 is 0 Å². The van der Waals surface area contributed by atoms with Gasteiger partial charge in [-0.25, -0.2) is 0 Å². The number of rotatable bonds is 4. The van der Waals surface area contributed by atoms with Gasteiger partial charge in [0.15, 0.2) is 0 Å². The molecule has 3 aromatic heterocycles. The summed E-state index contributed by atoms with van der Waals surface area (Å²) in [5, 5.41) is 27.3. The van der Waals surface area contributed by atoms with Crippen LogP contribution in [0.15, 0.2) is 176 Å². The van der Waals surface area contributed by atoms with Crippen LogP contribution in [0.25, 0.3) is 93.6 Å². The quantitative estimate of drug-likeness (QED) is 0.184. The van der Waals surface area contributed by atoms with E-state index in [1.54, 1.807) is 0 Å². The molecular weight excluding hydrogens is 671 g/mol. The maximum absolute atomic E-state index is 10.7. The molecule has 0 saturated heterocycles. The minimum absolute atomic E-state index is 0.585. The molecule has 0 unspecified atom stereocenters. The van der Waals surface area contributed by atoms with Crippen LogP contribution in [0.1, 0.15) is 11.1 Å². The molecule has 0 saturated carbocycles. The van der Waals surface area contributed by atoms with Crippen molar-refractivity contribution in [2.75, 3.05) is 0 Å². The van der Waals surface area contributed by atoms with Gasteiger partial charge < -0.3 is 13.7 Å². The molecule has 254 valence electrons. The Morgan fingerprint density at radius 3 is 1.51 bits per heavy atom. The van der Waals surface area contributed by atoms with Crippen molar-refractivity contribution in [3.05, 3.63) is 187 Å². The highest BCUT2D eigenvalue weighted by Gasteiger charge is 2.22. The summed E-state index contributed by atoms with van der Waals surface area (Å²) in [4.78, 5) is 0. The van der Waals surface area contributed by atoms with Gasteiger partial charge in [0.05, 0.1) is 67.4 Å². The van der Waals surface area contributed by atoms with Crippen molar-refractivity contribution >= 4 is 65.4 Å². The third kappa shape index (κ3) is 4.39. The van der Waals surface area contributed by atoms with Crippen LogP contribution in [0.3, 0.4) is 0 Å². The first-order valence-electron chi connectivity index (χ1n) is 18.3. The monoisotopic (exact) mass is 699 g/mol. The number of nitriles is 2. The highest BCUT2D eigenvalue weighted by atomic mass is 15.1. The largest absolute Gasteiger partial charge is 0.309 e. The Morgan fingerprint density at radius 1 is 0.345 bits per heavy atom. The van der Waals surface area contributed by atoms with Crippen molar-refractivity contribution in [3.63, 3.8) is 0 Å². The molecule has 0 aliphatic rings. The average molecular weight is 700 g/mol. The van der Waals surface area contributed by atoms with Gasteiger partial charge >= 0.3 is 0 Å². The van der Waals surface area contributed by atoms with E-state index >= 15 is 0 Å². The molecule has 8 aromatic carbocycles. The molecule has 0 spiro atoms. The number of para-hydroxylation sites is 6. The van der Waals surface area contributed by atoms with Gasteiger partial charge in [0.25, 0.3) is 0 Å². The molecule has 5 heteroatoms. The second-order valence-electron chi connectivity index (χ2n) is 14.0. The van der Waals surface area contributed by atoms with Gasteiger partial charge in [-0.05, 0) is 72.3 Å². The van der Waals surface area contributed by atoms with E-state index in [0.717, 1.165) is 82.8 Å². The molecule has 5 nitrogen and oxygen atoms in total. The van der Waals surface area contributed by atoms with Gasteiger partial charge in [-0.3, -0.25) is 0 Å². The summed E-state index contributed by atoms with van der Waals surface area (Å²) in [5.74, 6) is 0. The van der Waals surface area contributed by atoms with Gasteiger partial charge in [0.2, 0.25) is 0 Å². The molecule has 0 atom stereocenters. The fraction of sp³-hybridized carbons (Fsp3) is 0. The number of aromatic nitrogens is 3. The lowest BCUT2D eigenvalue weighted by Crippen LogP contribution is -2.03. The van der Waals surface area contributed by atoms with Crippen molar-refractivity contribution in [2.45, 2.75) is 0 Å². The molecular formula is C50H29N5. The van der Waals surface area contributed by atoms with Crippen LogP contribution < -0.4 is 0 Å². The fourth-order valence-corrected chi connectivity index (χ4v) is 8.81. The lowest BCUT2D eigenvalue weighted by Gasteiger charge is -2.18. The van der Waals surface area contributed by atoms with Gasteiger partial charge in [-0.2, -0.15) is 10.5 Å². The summed E-state index contributed by atoms with van der Waals surface area (Å²) in [7, 11) is 0. The number of hydrogen-bond acceptors (Lipinski definition) is 2. The third-order valence-corrected chi connectivity index (χ3v) is 11.1. The van der Waals surface area contributed by atoms with E-state index in [4.69, 9.17) is 0 Å². The maximum Gasteiger partial charge on any atom is 0.101 e. The van der Waals surface area contributed by atoms with Gasteiger partial charge in [-0.1, -0.05) is 109 Å². The van der Waals surface area contributed by atoms with Crippen LogP contribution in [0.4, 0.5) is 0 Å². The average Bonchev–Trinajstić information content (AvgIpc) is 3.89. The second kappa shape index (κ2) is 11.8. The normalized spacial score (nSPS) is 11.6. The summed E-state index contributed by atoms with van der Waals surface area (Å²) in [6, 6.07) is 65.9. The van der Waals surface area contributed by atoms with E-state index in [0.29, 0.717) is 11.1 Å². The maximum atomic E-state index is 10.7. The zero-order valence-electron chi connectivity index (χ0n) is 29.5. The summed E-state index contributed by atoms with van der Waals surface area (Å²) in [6.45, 7) is 0. The van der Waals surface area contributed by atoms with Crippen LogP contribution in [-0.4, -0.2) is 13.7 Å². The summed E-state index contributed by atoms with van der Waals surface area (Å²) in [5.41, 5.74) is 12.5.